The molecule has 0 aliphatic carbocycles. The Balaban J connectivity index is 2.19. The lowest BCUT2D eigenvalue weighted by Crippen LogP contribution is -2.35. The van der Waals surface area contributed by atoms with Gasteiger partial charge in [-0.15, -0.1) is 0 Å². The molecule has 0 spiro atoms. The predicted octanol–water partition coefficient (Wildman–Crippen LogP) is 8.69. The third-order valence-corrected chi connectivity index (χ3v) is 7.25. The topological polar surface area (TPSA) is 62.3 Å². The molecule has 0 aliphatic heterocycles. The van der Waals surface area contributed by atoms with Crippen molar-refractivity contribution in [3.8, 4) is 5.75 Å². The van der Waals surface area contributed by atoms with E-state index in [1.165, 1.54) is 6.92 Å². The van der Waals surface area contributed by atoms with Crippen molar-refractivity contribution in [2.45, 2.75) is 111 Å². The Hall–Kier alpha value is -2.75. The van der Waals surface area contributed by atoms with Crippen molar-refractivity contribution in [2.75, 3.05) is 0 Å². The second kappa shape index (κ2) is 10.9. The number of phenols is 1. The summed E-state index contributed by atoms with van der Waals surface area (Å²) in [7, 11) is 0. The smallest absolute Gasteiger partial charge is 0.303 e. The number of unbranched alkanes of at least 4 members (excludes halogenated alkanes) is 1. The van der Waals surface area contributed by atoms with E-state index in [1.807, 2.05) is 12.1 Å². The van der Waals surface area contributed by atoms with Gasteiger partial charge in [-0.1, -0.05) is 98.6 Å². The lowest BCUT2D eigenvalue weighted by Gasteiger charge is -2.35. The van der Waals surface area contributed by atoms with Crippen LogP contribution < -0.4 is 0 Å². The van der Waals surface area contributed by atoms with Crippen LogP contribution in [0, 0.1) is 5.92 Å². The van der Waals surface area contributed by atoms with Gasteiger partial charge in [0.15, 0.2) is 5.60 Å². The van der Waals surface area contributed by atoms with Crippen molar-refractivity contribution in [1.82, 2.24) is 4.98 Å². The number of H-pyrrole nitrogens is 1. The summed E-state index contributed by atoms with van der Waals surface area (Å²) in [6.45, 7) is 18.8. The summed E-state index contributed by atoms with van der Waals surface area (Å²) < 4.78 is 6.31. The third kappa shape index (κ3) is 6.97. The van der Waals surface area contributed by atoms with Crippen LogP contribution in [0.1, 0.15) is 110 Å². The normalized spacial score (nSPS) is 14.2. The van der Waals surface area contributed by atoms with E-state index in [0.717, 1.165) is 59.0 Å². The first-order valence-corrected chi connectivity index (χ1v) is 13.8. The van der Waals surface area contributed by atoms with Crippen LogP contribution in [0.3, 0.4) is 0 Å². The molecule has 0 amide bonds. The van der Waals surface area contributed by atoms with Crippen molar-refractivity contribution >= 4 is 16.9 Å². The minimum absolute atomic E-state index is 0.234. The van der Waals surface area contributed by atoms with Crippen LogP contribution in [0.2, 0.25) is 0 Å². The number of para-hydroxylation sites is 1. The van der Waals surface area contributed by atoms with Gasteiger partial charge in [-0.25, -0.2) is 0 Å². The fourth-order valence-corrected chi connectivity index (χ4v) is 5.29. The van der Waals surface area contributed by atoms with Crippen LogP contribution in [-0.4, -0.2) is 16.1 Å². The first-order chi connectivity index (χ1) is 17.1. The minimum atomic E-state index is -0.830. The maximum Gasteiger partial charge on any atom is 0.303 e. The molecule has 0 saturated heterocycles. The highest BCUT2D eigenvalue weighted by molar-refractivity contribution is 5.80. The van der Waals surface area contributed by atoms with Gasteiger partial charge in [-0.2, -0.15) is 0 Å². The molecule has 4 nitrogen and oxygen atoms in total. The average Bonchev–Trinajstić information content (AvgIpc) is 3.20. The van der Waals surface area contributed by atoms with E-state index in [-0.39, 0.29) is 16.8 Å². The SMILES string of the molecule is CC(=O)OC(CCCCC(C)C)(Cc1cc(C(C)(C)C)c(O)c(C(C)(C)C)c1)c1cc2ccccc2[nH]1. The van der Waals surface area contributed by atoms with Gasteiger partial charge in [0.1, 0.15) is 5.75 Å². The van der Waals surface area contributed by atoms with Crippen molar-refractivity contribution in [3.05, 3.63) is 64.8 Å². The summed E-state index contributed by atoms with van der Waals surface area (Å²) in [6.07, 6.45) is 4.44. The largest absolute Gasteiger partial charge is 0.507 e. The number of benzene rings is 2. The molecule has 2 aromatic carbocycles. The number of hydrogen-bond donors (Lipinski definition) is 2. The Morgan fingerprint density at radius 1 is 0.946 bits per heavy atom. The first kappa shape index (κ1) is 28.8. The highest BCUT2D eigenvalue weighted by Crippen LogP contribution is 2.43. The number of carbonyl (C=O) groups is 1. The first-order valence-electron chi connectivity index (χ1n) is 13.8. The molecule has 1 unspecified atom stereocenters. The lowest BCUT2D eigenvalue weighted by atomic mass is 9.76. The molecule has 37 heavy (non-hydrogen) atoms. The zero-order chi connectivity index (χ0) is 27.6. The second-order valence-corrected chi connectivity index (χ2v) is 13.2. The molecule has 0 saturated carbocycles. The molecular formula is C33H47NO3. The van der Waals surface area contributed by atoms with Crippen LogP contribution in [0.25, 0.3) is 10.9 Å². The van der Waals surface area contributed by atoms with Crippen molar-refractivity contribution in [2.24, 2.45) is 5.92 Å². The van der Waals surface area contributed by atoms with Crippen molar-refractivity contribution < 1.29 is 14.6 Å². The number of aromatic amines is 1. The summed E-state index contributed by atoms with van der Waals surface area (Å²) in [5.41, 5.74) is 3.57. The predicted molar refractivity (Wildman–Crippen MR) is 154 cm³/mol. The zero-order valence-electron chi connectivity index (χ0n) is 24.4. The molecular weight excluding hydrogens is 458 g/mol. The van der Waals surface area contributed by atoms with E-state index in [2.05, 4.69) is 90.7 Å². The Labute approximate surface area is 223 Å². The number of carbonyl (C=O) groups excluding carboxylic acids is 1. The van der Waals surface area contributed by atoms with Crippen LogP contribution in [0.5, 0.6) is 5.75 Å². The van der Waals surface area contributed by atoms with Crippen LogP contribution in [0.4, 0.5) is 0 Å². The average molecular weight is 506 g/mol. The third-order valence-electron chi connectivity index (χ3n) is 7.25. The van der Waals surface area contributed by atoms with Crippen LogP contribution in [-0.2, 0) is 32.4 Å². The van der Waals surface area contributed by atoms with E-state index in [1.54, 1.807) is 0 Å². The number of rotatable bonds is 9. The Bertz CT molecular complexity index is 1150. The molecule has 0 bridgehead atoms. The van der Waals surface area contributed by atoms with E-state index < -0.39 is 5.60 Å². The molecule has 202 valence electrons. The molecule has 1 aromatic heterocycles. The Morgan fingerprint density at radius 3 is 2.05 bits per heavy atom. The number of aromatic nitrogens is 1. The van der Waals surface area contributed by atoms with Gasteiger partial charge in [0, 0.05) is 18.9 Å². The number of nitrogens with one attached hydrogen (secondary N) is 1. The van der Waals surface area contributed by atoms with Crippen molar-refractivity contribution in [3.63, 3.8) is 0 Å². The number of esters is 1. The van der Waals surface area contributed by atoms with Crippen LogP contribution in [0.15, 0.2) is 42.5 Å². The van der Waals surface area contributed by atoms with Gasteiger partial charge in [-0.3, -0.25) is 4.79 Å². The standard InChI is InChI=1S/C33H47NO3/c1-22(2)14-12-13-17-33(37-23(3)35,29-20-25-15-10-11-16-28(25)34-29)21-24-18-26(31(4,5)6)30(36)27(19-24)32(7,8)9/h10-11,15-16,18-20,22,34,36H,12-14,17,21H2,1-9H3. The summed E-state index contributed by atoms with van der Waals surface area (Å²) in [5.74, 6) is 0.717. The highest BCUT2D eigenvalue weighted by atomic mass is 16.6. The molecule has 3 aromatic rings. The fraction of sp³-hybridized carbons (Fsp3) is 0.545. The van der Waals surface area contributed by atoms with E-state index in [4.69, 9.17) is 4.74 Å². The summed E-state index contributed by atoms with van der Waals surface area (Å²) in [6, 6.07) is 14.6. The molecule has 0 radical (unpaired) electrons. The maximum atomic E-state index is 12.6. The molecule has 0 fully saturated rings. The molecule has 0 aliphatic rings. The molecule has 2 N–H and O–H groups in total. The van der Waals surface area contributed by atoms with E-state index in [0.29, 0.717) is 18.1 Å². The number of ether oxygens (including phenoxy) is 1. The highest BCUT2D eigenvalue weighted by Gasteiger charge is 2.38. The van der Waals surface area contributed by atoms with E-state index in [9.17, 15) is 9.90 Å². The summed E-state index contributed by atoms with van der Waals surface area (Å²) in [5, 5.41) is 12.4. The zero-order valence-corrected chi connectivity index (χ0v) is 24.4. The molecule has 4 heteroatoms. The minimum Gasteiger partial charge on any atom is -0.507 e. The quantitative estimate of drug-likeness (QED) is 0.226. The molecule has 1 heterocycles. The number of aromatic hydroxyl groups is 1. The number of phenolic OH excluding ortho intramolecular Hbond substituents is 1. The van der Waals surface area contributed by atoms with Crippen molar-refractivity contribution in [1.29, 1.82) is 0 Å². The van der Waals surface area contributed by atoms with Gasteiger partial charge >= 0.3 is 5.97 Å². The van der Waals surface area contributed by atoms with Gasteiger partial charge in [0.25, 0.3) is 0 Å². The number of fused-ring (bicyclic) bond motifs is 1. The van der Waals surface area contributed by atoms with Gasteiger partial charge in [-0.05, 0) is 63.8 Å². The van der Waals surface area contributed by atoms with E-state index >= 15 is 0 Å². The van der Waals surface area contributed by atoms with Gasteiger partial charge in [0.2, 0.25) is 0 Å². The molecule has 3 rings (SSSR count). The fourth-order valence-electron chi connectivity index (χ4n) is 5.29. The monoisotopic (exact) mass is 505 g/mol. The van der Waals surface area contributed by atoms with Gasteiger partial charge < -0.3 is 14.8 Å². The Morgan fingerprint density at radius 2 is 1.54 bits per heavy atom. The lowest BCUT2D eigenvalue weighted by molar-refractivity contribution is -0.160. The Kier molecular flexibility index (Phi) is 8.51. The summed E-state index contributed by atoms with van der Waals surface area (Å²) >= 11 is 0. The van der Waals surface area contributed by atoms with Gasteiger partial charge in [0.05, 0.1) is 5.69 Å². The number of hydrogen-bond acceptors (Lipinski definition) is 3. The summed E-state index contributed by atoms with van der Waals surface area (Å²) in [4.78, 5) is 16.2. The molecule has 1 atom stereocenters. The second-order valence-electron chi connectivity index (χ2n) is 13.2. The van der Waals surface area contributed by atoms with Crippen LogP contribution >= 0.6 is 0 Å². The maximum absolute atomic E-state index is 12.6.